The summed E-state index contributed by atoms with van der Waals surface area (Å²) in [5.74, 6) is -2.89. The molecule has 0 aromatic heterocycles. The SMILES string of the molecule is C=CC(=O)OCCCCCCOC(=O)Oc1ccc(C(=O)Oc2ccc(C(=O)Oc3ccc(C(=O)O[C@H]4COC5C4OC[C@H]5OC(=O)c4ccc(OC(C)=O)cc4)cc3)cc2)cc1. The summed E-state index contributed by atoms with van der Waals surface area (Å²) >= 11 is 0. The van der Waals surface area contributed by atoms with Gasteiger partial charge in [-0.2, -0.15) is 0 Å². The van der Waals surface area contributed by atoms with Gasteiger partial charge in [0.15, 0.2) is 12.2 Å². The van der Waals surface area contributed by atoms with Gasteiger partial charge in [-0.25, -0.2) is 28.8 Å². The number of benzene rings is 4. The zero-order chi connectivity index (χ0) is 44.7. The van der Waals surface area contributed by atoms with E-state index >= 15 is 0 Å². The second-order valence-electron chi connectivity index (χ2n) is 13.9. The lowest BCUT2D eigenvalue weighted by molar-refractivity contribution is -0.138. The fourth-order valence-corrected chi connectivity index (χ4v) is 6.25. The molecule has 2 aliphatic heterocycles. The zero-order valence-corrected chi connectivity index (χ0v) is 33.9. The van der Waals surface area contributed by atoms with Crippen molar-refractivity contribution in [1.82, 2.24) is 0 Å². The van der Waals surface area contributed by atoms with Crippen LogP contribution in [-0.2, 0) is 38.0 Å². The molecule has 2 unspecified atom stereocenters. The van der Waals surface area contributed by atoms with Gasteiger partial charge in [0.2, 0.25) is 0 Å². The normalized spacial score (nSPS) is 17.3. The van der Waals surface area contributed by atoms with Crippen LogP contribution in [0.1, 0.15) is 74.0 Å². The minimum Gasteiger partial charge on any atom is -0.463 e. The third kappa shape index (κ3) is 13.1. The van der Waals surface area contributed by atoms with Gasteiger partial charge in [0, 0.05) is 13.0 Å². The van der Waals surface area contributed by atoms with Crippen molar-refractivity contribution in [2.75, 3.05) is 26.4 Å². The third-order valence-electron chi connectivity index (χ3n) is 9.39. The van der Waals surface area contributed by atoms with Crippen molar-refractivity contribution in [3.63, 3.8) is 0 Å². The molecule has 0 amide bonds. The molecule has 63 heavy (non-hydrogen) atoms. The standard InChI is InChI=1S/C46H42O17/c1-3-39(48)54-24-6-4-5-7-25-55-46(53)61-36-22-14-30(15-23-36)43(50)59-34-18-10-29(11-19-34)42(49)60-35-20-12-32(13-21-35)45(52)63-38-27-57-40-37(26-56-41(38)40)62-44(51)31-8-16-33(17-9-31)58-28(2)47/h3,8-23,37-38,40-41H,1,4-7,24-27H2,2H3/t37-,38+,40?,41?/m1/s1. The summed E-state index contributed by atoms with van der Waals surface area (Å²) in [5, 5.41) is 0. The Hall–Kier alpha value is -7.37. The van der Waals surface area contributed by atoms with Gasteiger partial charge in [0.1, 0.15) is 35.2 Å². The first-order valence-corrected chi connectivity index (χ1v) is 19.8. The lowest BCUT2D eigenvalue weighted by Gasteiger charge is -2.17. The van der Waals surface area contributed by atoms with E-state index in [1.54, 1.807) is 0 Å². The van der Waals surface area contributed by atoms with E-state index in [9.17, 15) is 33.6 Å². The van der Waals surface area contributed by atoms with Crippen LogP contribution in [0.15, 0.2) is 110 Å². The van der Waals surface area contributed by atoms with E-state index in [1.807, 2.05) is 0 Å². The molecule has 0 saturated carbocycles. The zero-order valence-electron chi connectivity index (χ0n) is 33.9. The average molecular weight is 867 g/mol. The maximum Gasteiger partial charge on any atom is 0.513 e. The Morgan fingerprint density at radius 2 is 0.873 bits per heavy atom. The molecule has 2 fully saturated rings. The van der Waals surface area contributed by atoms with Crippen LogP contribution in [0.4, 0.5) is 4.79 Å². The van der Waals surface area contributed by atoms with Gasteiger partial charge in [-0.1, -0.05) is 6.58 Å². The molecule has 2 saturated heterocycles. The molecular formula is C46H42O17. The molecule has 4 atom stereocenters. The molecule has 0 N–H and O–H groups in total. The lowest BCUT2D eigenvalue weighted by atomic mass is 10.1. The predicted octanol–water partition coefficient (Wildman–Crippen LogP) is 6.40. The molecule has 0 radical (unpaired) electrons. The van der Waals surface area contributed by atoms with Crippen molar-refractivity contribution >= 4 is 42.0 Å². The van der Waals surface area contributed by atoms with Crippen LogP contribution in [-0.4, -0.2) is 92.8 Å². The molecule has 17 nitrogen and oxygen atoms in total. The highest BCUT2D eigenvalue weighted by atomic mass is 16.7. The number of unbranched alkanes of at least 4 members (excludes halogenated alkanes) is 3. The highest BCUT2D eigenvalue weighted by molar-refractivity contribution is 5.93. The van der Waals surface area contributed by atoms with Crippen molar-refractivity contribution < 1.29 is 80.9 Å². The van der Waals surface area contributed by atoms with E-state index in [-0.39, 0.29) is 65.1 Å². The molecule has 0 spiro atoms. The molecule has 17 heteroatoms. The minimum absolute atomic E-state index is 0.0199. The van der Waals surface area contributed by atoms with Crippen molar-refractivity contribution in [1.29, 1.82) is 0 Å². The van der Waals surface area contributed by atoms with Crippen LogP contribution in [0, 0.1) is 0 Å². The van der Waals surface area contributed by atoms with Crippen molar-refractivity contribution in [3.05, 3.63) is 132 Å². The summed E-state index contributed by atoms with van der Waals surface area (Å²) in [6.07, 6.45) is 0.240. The Balaban J connectivity index is 0.889. The summed E-state index contributed by atoms with van der Waals surface area (Å²) in [6.45, 7) is 5.11. The number of carbonyl (C=O) groups excluding carboxylic acids is 7. The molecular weight excluding hydrogens is 824 g/mol. The van der Waals surface area contributed by atoms with Crippen LogP contribution >= 0.6 is 0 Å². The van der Waals surface area contributed by atoms with E-state index in [4.69, 9.17) is 47.4 Å². The highest BCUT2D eigenvalue weighted by Gasteiger charge is 2.51. The van der Waals surface area contributed by atoms with Gasteiger partial charge in [-0.15, -0.1) is 0 Å². The molecule has 6 rings (SSSR count). The molecule has 0 aliphatic carbocycles. The van der Waals surface area contributed by atoms with Gasteiger partial charge in [0.05, 0.1) is 48.7 Å². The summed E-state index contributed by atoms with van der Waals surface area (Å²) in [7, 11) is 0. The van der Waals surface area contributed by atoms with Crippen LogP contribution in [0.5, 0.6) is 23.0 Å². The minimum atomic E-state index is -0.890. The number of ether oxygens (including phenoxy) is 10. The summed E-state index contributed by atoms with van der Waals surface area (Å²) in [4.78, 5) is 85.4. The van der Waals surface area contributed by atoms with Gasteiger partial charge >= 0.3 is 42.0 Å². The first-order chi connectivity index (χ1) is 30.4. The van der Waals surface area contributed by atoms with E-state index < -0.39 is 66.4 Å². The molecule has 2 heterocycles. The first kappa shape index (κ1) is 45.2. The number of esters is 6. The largest absolute Gasteiger partial charge is 0.513 e. The molecule has 4 aromatic carbocycles. The molecule has 0 bridgehead atoms. The number of hydrogen-bond acceptors (Lipinski definition) is 17. The van der Waals surface area contributed by atoms with Crippen molar-refractivity contribution in [2.24, 2.45) is 0 Å². The Kier molecular flexibility index (Phi) is 15.7. The Morgan fingerprint density at radius 1 is 0.508 bits per heavy atom. The lowest BCUT2D eigenvalue weighted by Crippen LogP contribution is -2.36. The topological polar surface area (TPSA) is 212 Å². The van der Waals surface area contributed by atoms with Crippen LogP contribution < -0.4 is 18.9 Å². The number of hydrogen-bond donors (Lipinski definition) is 0. The second kappa shape index (κ2) is 21.9. The Labute approximate surface area is 360 Å². The van der Waals surface area contributed by atoms with Crippen molar-refractivity contribution in [2.45, 2.75) is 57.0 Å². The van der Waals surface area contributed by atoms with Gasteiger partial charge < -0.3 is 47.4 Å². The fourth-order valence-electron chi connectivity index (χ4n) is 6.25. The third-order valence-corrected chi connectivity index (χ3v) is 9.39. The second-order valence-corrected chi connectivity index (χ2v) is 13.9. The maximum absolute atomic E-state index is 13.0. The Morgan fingerprint density at radius 3 is 1.27 bits per heavy atom. The van der Waals surface area contributed by atoms with E-state index in [1.165, 1.54) is 104 Å². The number of carbonyl (C=O) groups is 7. The summed E-state index contributed by atoms with van der Waals surface area (Å²) < 4.78 is 53.8. The first-order valence-electron chi connectivity index (χ1n) is 19.8. The monoisotopic (exact) mass is 866 g/mol. The number of fused-ring (bicyclic) bond motifs is 1. The average Bonchev–Trinajstić information content (AvgIpc) is 3.87. The van der Waals surface area contributed by atoms with Crippen LogP contribution in [0.25, 0.3) is 0 Å². The molecule has 2 aliphatic rings. The van der Waals surface area contributed by atoms with Gasteiger partial charge in [-0.3, -0.25) is 4.79 Å². The van der Waals surface area contributed by atoms with Crippen molar-refractivity contribution in [3.8, 4) is 23.0 Å². The van der Waals surface area contributed by atoms with Crippen LogP contribution in [0.3, 0.4) is 0 Å². The fraction of sp³-hybridized carbons (Fsp3) is 0.283. The van der Waals surface area contributed by atoms with Gasteiger partial charge in [0.25, 0.3) is 0 Å². The van der Waals surface area contributed by atoms with E-state index in [0.717, 1.165) is 18.9 Å². The summed E-state index contributed by atoms with van der Waals surface area (Å²) in [5.41, 5.74) is 0.745. The Bertz CT molecular complexity index is 2270. The van der Waals surface area contributed by atoms with Gasteiger partial charge in [-0.05, 0) is 123 Å². The molecule has 4 aromatic rings. The smallest absolute Gasteiger partial charge is 0.463 e. The van der Waals surface area contributed by atoms with Crippen LogP contribution in [0.2, 0.25) is 0 Å². The summed E-state index contributed by atoms with van der Waals surface area (Å²) in [6, 6.07) is 22.9. The molecule has 328 valence electrons. The quantitative estimate of drug-likeness (QED) is 0.0264. The maximum atomic E-state index is 13.0. The number of rotatable bonds is 18. The highest BCUT2D eigenvalue weighted by Crippen LogP contribution is 2.32. The predicted molar refractivity (Wildman–Crippen MR) is 216 cm³/mol. The van der Waals surface area contributed by atoms with E-state index in [2.05, 4.69) is 6.58 Å². The van der Waals surface area contributed by atoms with E-state index in [0.29, 0.717) is 19.4 Å².